The van der Waals surface area contributed by atoms with E-state index >= 15 is 0 Å². The van der Waals surface area contributed by atoms with Gasteiger partial charge in [0, 0.05) is 11.8 Å². The Kier molecular flexibility index (Phi) is 4.36. The van der Waals surface area contributed by atoms with Gasteiger partial charge in [0.2, 0.25) is 5.91 Å². The third kappa shape index (κ3) is 3.08. The van der Waals surface area contributed by atoms with Crippen LogP contribution in [0.25, 0.3) is 0 Å². The molecule has 0 fully saturated rings. The van der Waals surface area contributed by atoms with E-state index in [2.05, 4.69) is 5.32 Å². The third-order valence-electron chi connectivity index (χ3n) is 1.89. The standard InChI is InChI=1S/C10H10Cl2FNO/c1-6(5-11)10(15)14-9-7(12)3-2-4-8(9)13/h2-4,6H,5H2,1H3,(H,14,15). The first-order chi connectivity index (χ1) is 7.06. The van der Waals surface area contributed by atoms with Crippen molar-refractivity contribution in [3.8, 4) is 0 Å². The summed E-state index contributed by atoms with van der Waals surface area (Å²) in [4.78, 5) is 11.4. The minimum atomic E-state index is -0.558. The van der Waals surface area contributed by atoms with Crippen LogP contribution in [0.2, 0.25) is 5.02 Å². The number of para-hydroxylation sites is 1. The Morgan fingerprint density at radius 3 is 2.80 bits per heavy atom. The highest BCUT2D eigenvalue weighted by Crippen LogP contribution is 2.25. The Hall–Kier alpha value is -0.800. The van der Waals surface area contributed by atoms with E-state index in [1.54, 1.807) is 6.92 Å². The zero-order chi connectivity index (χ0) is 11.4. The van der Waals surface area contributed by atoms with Gasteiger partial charge >= 0.3 is 0 Å². The summed E-state index contributed by atoms with van der Waals surface area (Å²) >= 11 is 11.2. The molecule has 0 aromatic heterocycles. The molecule has 0 spiro atoms. The Bertz CT molecular complexity index is 350. The molecule has 1 unspecified atom stereocenters. The summed E-state index contributed by atoms with van der Waals surface area (Å²) in [6.45, 7) is 1.65. The zero-order valence-electron chi connectivity index (χ0n) is 8.06. The smallest absolute Gasteiger partial charge is 0.228 e. The number of carbonyl (C=O) groups excluding carboxylic acids is 1. The third-order valence-corrected chi connectivity index (χ3v) is 2.67. The molecular weight excluding hydrogens is 240 g/mol. The maximum absolute atomic E-state index is 13.2. The number of nitrogens with one attached hydrogen (secondary N) is 1. The summed E-state index contributed by atoms with van der Waals surface area (Å²) in [7, 11) is 0. The number of carbonyl (C=O) groups is 1. The van der Waals surface area contributed by atoms with Crippen molar-refractivity contribution in [1.82, 2.24) is 0 Å². The van der Waals surface area contributed by atoms with Gasteiger partial charge in [0.1, 0.15) is 5.82 Å². The number of rotatable bonds is 3. The van der Waals surface area contributed by atoms with Gasteiger partial charge < -0.3 is 5.32 Å². The van der Waals surface area contributed by atoms with Gasteiger partial charge in [0.15, 0.2) is 0 Å². The van der Waals surface area contributed by atoms with Crippen LogP contribution in [0.4, 0.5) is 10.1 Å². The van der Waals surface area contributed by atoms with Gasteiger partial charge in [-0.05, 0) is 12.1 Å². The van der Waals surface area contributed by atoms with E-state index in [0.717, 1.165) is 0 Å². The van der Waals surface area contributed by atoms with Crippen LogP contribution in [-0.2, 0) is 4.79 Å². The topological polar surface area (TPSA) is 29.1 Å². The van der Waals surface area contributed by atoms with Gasteiger partial charge in [-0.1, -0.05) is 24.6 Å². The molecule has 0 saturated heterocycles. The molecule has 15 heavy (non-hydrogen) atoms. The molecule has 0 bridgehead atoms. The van der Waals surface area contributed by atoms with Gasteiger partial charge in [-0.15, -0.1) is 11.6 Å². The predicted octanol–water partition coefficient (Wildman–Crippen LogP) is 3.29. The molecule has 1 aromatic carbocycles. The normalized spacial score (nSPS) is 12.3. The van der Waals surface area contributed by atoms with E-state index in [1.807, 2.05) is 0 Å². The predicted molar refractivity (Wildman–Crippen MR) is 59.9 cm³/mol. The second-order valence-corrected chi connectivity index (χ2v) is 3.86. The first-order valence-electron chi connectivity index (χ1n) is 4.37. The minimum Gasteiger partial charge on any atom is -0.322 e. The summed E-state index contributed by atoms with van der Waals surface area (Å²) in [6, 6.07) is 4.21. The lowest BCUT2D eigenvalue weighted by Gasteiger charge is -2.11. The highest BCUT2D eigenvalue weighted by Gasteiger charge is 2.15. The number of alkyl halides is 1. The van der Waals surface area contributed by atoms with E-state index in [9.17, 15) is 9.18 Å². The fourth-order valence-corrected chi connectivity index (χ4v) is 1.28. The minimum absolute atomic E-state index is 0.00105. The number of benzene rings is 1. The summed E-state index contributed by atoms with van der Waals surface area (Å²) in [6.07, 6.45) is 0. The van der Waals surface area contributed by atoms with Crippen LogP contribution in [0.3, 0.4) is 0 Å². The van der Waals surface area contributed by atoms with Gasteiger partial charge in [0.05, 0.1) is 10.7 Å². The van der Waals surface area contributed by atoms with Crippen LogP contribution in [-0.4, -0.2) is 11.8 Å². The number of anilines is 1. The molecule has 2 nitrogen and oxygen atoms in total. The van der Waals surface area contributed by atoms with Crippen LogP contribution in [0.5, 0.6) is 0 Å². The number of hydrogen-bond acceptors (Lipinski definition) is 1. The van der Waals surface area contributed by atoms with E-state index in [1.165, 1.54) is 18.2 Å². The fraction of sp³-hybridized carbons (Fsp3) is 0.300. The molecule has 5 heteroatoms. The van der Waals surface area contributed by atoms with Crippen LogP contribution in [0.1, 0.15) is 6.92 Å². The van der Waals surface area contributed by atoms with Crippen LogP contribution >= 0.6 is 23.2 Å². The largest absolute Gasteiger partial charge is 0.322 e. The van der Waals surface area contributed by atoms with E-state index < -0.39 is 5.82 Å². The Morgan fingerprint density at radius 1 is 1.60 bits per heavy atom. The van der Waals surface area contributed by atoms with Crippen LogP contribution < -0.4 is 5.32 Å². The fourth-order valence-electron chi connectivity index (χ4n) is 0.934. The first kappa shape index (κ1) is 12.3. The quantitative estimate of drug-likeness (QED) is 0.819. The Labute approximate surface area is 97.4 Å². The molecule has 1 N–H and O–H groups in total. The molecule has 0 radical (unpaired) electrons. The molecule has 1 rings (SSSR count). The average Bonchev–Trinajstić information content (AvgIpc) is 2.22. The lowest BCUT2D eigenvalue weighted by molar-refractivity contribution is -0.118. The van der Waals surface area contributed by atoms with Crippen molar-refractivity contribution in [2.75, 3.05) is 11.2 Å². The summed E-state index contributed by atoms with van der Waals surface area (Å²) in [5, 5.41) is 2.57. The Balaban J connectivity index is 2.85. The number of amides is 1. The molecule has 0 saturated carbocycles. The van der Waals surface area contributed by atoms with Crippen LogP contribution in [0.15, 0.2) is 18.2 Å². The van der Waals surface area contributed by atoms with Gasteiger partial charge in [-0.25, -0.2) is 4.39 Å². The van der Waals surface area contributed by atoms with Crippen molar-refractivity contribution < 1.29 is 9.18 Å². The van der Waals surface area contributed by atoms with Gasteiger partial charge in [0.25, 0.3) is 0 Å². The summed E-state index contributed by atoms with van der Waals surface area (Å²) in [5.74, 6) is -1.12. The van der Waals surface area contributed by atoms with E-state index in [4.69, 9.17) is 23.2 Å². The second kappa shape index (κ2) is 5.33. The van der Waals surface area contributed by atoms with Crippen molar-refractivity contribution in [1.29, 1.82) is 0 Å². The lowest BCUT2D eigenvalue weighted by Crippen LogP contribution is -2.22. The number of halogens is 3. The molecule has 1 aromatic rings. The second-order valence-electron chi connectivity index (χ2n) is 3.14. The highest BCUT2D eigenvalue weighted by molar-refractivity contribution is 6.33. The van der Waals surface area contributed by atoms with Crippen molar-refractivity contribution in [2.45, 2.75) is 6.92 Å². The molecule has 0 aliphatic carbocycles. The van der Waals surface area contributed by atoms with Crippen molar-refractivity contribution in [3.05, 3.63) is 29.0 Å². The van der Waals surface area contributed by atoms with Gasteiger partial charge in [-0.3, -0.25) is 4.79 Å². The monoisotopic (exact) mass is 249 g/mol. The molecule has 82 valence electrons. The SMILES string of the molecule is CC(CCl)C(=O)Nc1c(F)cccc1Cl. The molecular formula is C10H10Cl2FNO. The summed E-state index contributed by atoms with van der Waals surface area (Å²) < 4.78 is 13.2. The summed E-state index contributed by atoms with van der Waals surface area (Å²) in [5.41, 5.74) is 0.00105. The van der Waals surface area contributed by atoms with Crippen molar-refractivity contribution >= 4 is 34.8 Å². The Morgan fingerprint density at radius 2 is 2.27 bits per heavy atom. The lowest BCUT2D eigenvalue weighted by atomic mass is 10.2. The van der Waals surface area contributed by atoms with Gasteiger partial charge in [-0.2, -0.15) is 0 Å². The molecule has 0 aliphatic heterocycles. The molecule has 1 amide bonds. The zero-order valence-corrected chi connectivity index (χ0v) is 9.57. The van der Waals surface area contributed by atoms with E-state index in [0.29, 0.717) is 0 Å². The molecule has 0 aliphatic rings. The highest BCUT2D eigenvalue weighted by atomic mass is 35.5. The average molecular weight is 250 g/mol. The molecule has 0 heterocycles. The maximum atomic E-state index is 13.2. The number of hydrogen-bond donors (Lipinski definition) is 1. The van der Waals surface area contributed by atoms with E-state index in [-0.39, 0.29) is 28.4 Å². The van der Waals surface area contributed by atoms with Crippen LogP contribution in [0, 0.1) is 11.7 Å². The van der Waals surface area contributed by atoms with Crippen molar-refractivity contribution in [3.63, 3.8) is 0 Å². The van der Waals surface area contributed by atoms with Crippen molar-refractivity contribution in [2.24, 2.45) is 5.92 Å². The maximum Gasteiger partial charge on any atom is 0.228 e. The first-order valence-corrected chi connectivity index (χ1v) is 5.28. The molecule has 1 atom stereocenters.